The molecule has 0 unspecified atom stereocenters. The molecular weight excluding hydrogens is 353 g/mol. The van der Waals surface area contributed by atoms with Gasteiger partial charge < -0.3 is 15.5 Å². The molecule has 0 radical (unpaired) electrons. The van der Waals surface area contributed by atoms with E-state index in [1.165, 1.54) is 12.3 Å². The highest BCUT2D eigenvalue weighted by Crippen LogP contribution is 2.27. The van der Waals surface area contributed by atoms with Crippen molar-refractivity contribution in [3.63, 3.8) is 0 Å². The van der Waals surface area contributed by atoms with Crippen LogP contribution < -0.4 is 5.73 Å². The Labute approximate surface area is 136 Å². The molecule has 0 fully saturated rings. The maximum absolute atomic E-state index is 14.0. The molecule has 0 saturated carbocycles. The van der Waals surface area contributed by atoms with E-state index in [1.54, 1.807) is 26.0 Å². The number of benzene rings is 1. The molecule has 7 heteroatoms. The smallest absolute Gasteiger partial charge is 0.374 e. The number of carbonyl (C=O) groups excluding carboxylic acids is 1. The van der Waals surface area contributed by atoms with Gasteiger partial charge in [-0.2, -0.15) is 0 Å². The number of nitrogens with one attached hydrogen (secondary N) is 1. The van der Waals surface area contributed by atoms with Gasteiger partial charge in [0, 0.05) is 33.9 Å². The lowest BCUT2D eigenvalue weighted by Gasteiger charge is -2.25. The zero-order valence-corrected chi connectivity index (χ0v) is 13.9. The van der Waals surface area contributed by atoms with Crippen molar-refractivity contribution in [3.05, 3.63) is 51.8 Å². The Kier molecular flexibility index (Phi) is 4.97. The van der Waals surface area contributed by atoms with Crippen LogP contribution >= 0.6 is 15.9 Å². The highest BCUT2D eigenvalue weighted by molar-refractivity contribution is 9.10. The molecule has 0 aliphatic heterocycles. The fourth-order valence-electron chi connectivity index (χ4n) is 2.18. The first-order valence-corrected chi connectivity index (χ1v) is 7.58. The van der Waals surface area contributed by atoms with Crippen molar-refractivity contribution in [3.8, 4) is 0 Å². The van der Waals surface area contributed by atoms with Crippen LogP contribution in [-0.2, 0) is 16.7 Å². The molecule has 22 heavy (non-hydrogen) atoms. The summed E-state index contributed by atoms with van der Waals surface area (Å²) < 4.78 is 19.6. The lowest BCUT2D eigenvalue weighted by Crippen LogP contribution is -2.36. The first-order valence-electron chi connectivity index (χ1n) is 6.79. The van der Waals surface area contributed by atoms with Crippen LogP contribution in [0.4, 0.5) is 4.39 Å². The predicted octanol–water partition coefficient (Wildman–Crippen LogP) is 2.90. The SMILES string of the molecule is CCOC(=O)c1ncc(C[C@@](C)(N)c2cc(Br)ccc2F)[nH]1. The number of aromatic nitrogens is 2. The Morgan fingerprint density at radius 1 is 1.55 bits per heavy atom. The van der Waals surface area contributed by atoms with Crippen molar-refractivity contribution in [2.75, 3.05) is 6.61 Å². The third kappa shape index (κ3) is 3.72. The summed E-state index contributed by atoms with van der Waals surface area (Å²) in [7, 11) is 0. The van der Waals surface area contributed by atoms with E-state index < -0.39 is 11.5 Å². The topological polar surface area (TPSA) is 81.0 Å². The predicted molar refractivity (Wildman–Crippen MR) is 83.9 cm³/mol. The second-order valence-corrected chi connectivity index (χ2v) is 6.11. The van der Waals surface area contributed by atoms with Crippen LogP contribution in [0.25, 0.3) is 0 Å². The number of H-pyrrole nitrogens is 1. The average Bonchev–Trinajstić information content (AvgIpc) is 2.89. The van der Waals surface area contributed by atoms with Crippen molar-refractivity contribution < 1.29 is 13.9 Å². The molecule has 0 amide bonds. The first kappa shape index (κ1) is 16.6. The fourth-order valence-corrected chi connectivity index (χ4v) is 2.54. The van der Waals surface area contributed by atoms with Crippen molar-refractivity contribution in [2.24, 2.45) is 5.73 Å². The zero-order valence-electron chi connectivity index (χ0n) is 12.3. The summed E-state index contributed by atoms with van der Waals surface area (Å²) in [6, 6.07) is 4.63. The summed E-state index contributed by atoms with van der Waals surface area (Å²) in [6.45, 7) is 3.71. The van der Waals surface area contributed by atoms with E-state index in [2.05, 4.69) is 25.9 Å². The molecular formula is C15H17BrFN3O2. The monoisotopic (exact) mass is 369 g/mol. The summed E-state index contributed by atoms with van der Waals surface area (Å²) in [5.41, 5.74) is 6.32. The van der Waals surface area contributed by atoms with Crippen LogP contribution in [0.15, 0.2) is 28.9 Å². The number of esters is 1. The van der Waals surface area contributed by atoms with Crippen molar-refractivity contribution in [2.45, 2.75) is 25.8 Å². The normalized spacial score (nSPS) is 13.7. The second kappa shape index (κ2) is 6.58. The Balaban J connectivity index is 2.22. The van der Waals surface area contributed by atoms with Crippen LogP contribution in [-0.4, -0.2) is 22.5 Å². The summed E-state index contributed by atoms with van der Waals surface area (Å²) in [5, 5.41) is 0. The van der Waals surface area contributed by atoms with Gasteiger partial charge in [0.25, 0.3) is 0 Å². The van der Waals surface area contributed by atoms with Gasteiger partial charge in [0.1, 0.15) is 5.82 Å². The quantitative estimate of drug-likeness (QED) is 0.793. The Morgan fingerprint density at radius 3 is 2.95 bits per heavy atom. The lowest BCUT2D eigenvalue weighted by molar-refractivity contribution is 0.0513. The standard InChI is InChI=1S/C15H17BrFN3O2/c1-3-22-14(21)13-19-8-10(20-13)7-15(2,18)11-6-9(16)4-5-12(11)17/h4-6,8H,3,7,18H2,1-2H3,(H,19,20)/t15-/m1/s1. The van der Waals surface area contributed by atoms with E-state index in [0.717, 1.165) is 4.47 Å². The molecule has 3 N–H and O–H groups in total. The van der Waals surface area contributed by atoms with Gasteiger partial charge in [0.2, 0.25) is 5.82 Å². The summed E-state index contributed by atoms with van der Waals surface area (Å²) in [4.78, 5) is 18.4. The van der Waals surface area contributed by atoms with E-state index >= 15 is 0 Å². The van der Waals surface area contributed by atoms with Gasteiger partial charge in [0.05, 0.1) is 6.61 Å². The van der Waals surface area contributed by atoms with E-state index in [1.807, 2.05) is 0 Å². The van der Waals surface area contributed by atoms with Gasteiger partial charge in [-0.25, -0.2) is 14.2 Å². The minimum atomic E-state index is -0.952. The molecule has 1 atom stereocenters. The molecule has 2 aromatic rings. The van der Waals surface area contributed by atoms with Crippen molar-refractivity contribution >= 4 is 21.9 Å². The lowest BCUT2D eigenvalue weighted by atomic mass is 9.88. The number of hydrogen-bond donors (Lipinski definition) is 2. The molecule has 1 heterocycles. The maximum atomic E-state index is 14.0. The van der Waals surface area contributed by atoms with E-state index in [4.69, 9.17) is 10.5 Å². The van der Waals surface area contributed by atoms with Crippen molar-refractivity contribution in [1.29, 1.82) is 0 Å². The average molecular weight is 370 g/mol. The summed E-state index contributed by atoms with van der Waals surface area (Å²) in [6.07, 6.45) is 1.81. The minimum absolute atomic E-state index is 0.113. The highest BCUT2D eigenvalue weighted by atomic mass is 79.9. The number of carbonyl (C=O) groups is 1. The van der Waals surface area contributed by atoms with E-state index in [9.17, 15) is 9.18 Å². The third-order valence-electron chi connectivity index (χ3n) is 3.20. The number of aromatic amines is 1. The molecule has 0 saturated heterocycles. The zero-order chi connectivity index (χ0) is 16.3. The fraction of sp³-hybridized carbons (Fsp3) is 0.333. The minimum Gasteiger partial charge on any atom is -0.460 e. The molecule has 0 aliphatic rings. The van der Waals surface area contributed by atoms with Crippen molar-refractivity contribution in [1.82, 2.24) is 9.97 Å². The molecule has 5 nitrogen and oxygen atoms in total. The highest BCUT2D eigenvalue weighted by Gasteiger charge is 2.27. The molecule has 0 spiro atoms. The van der Waals surface area contributed by atoms with Crippen LogP contribution in [0.3, 0.4) is 0 Å². The summed E-state index contributed by atoms with van der Waals surface area (Å²) in [5.74, 6) is -0.790. The molecule has 0 bridgehead atoms. The van der Waals surface area contributed by atoms with Gasteiger partial charge in [-0.15, -0.1) is 0 Å². The molecule has 1 aromatic heterocycles. The molecule has 1 aromatic carbocycles. The molecule has 2 rings (SSSR count). The number of hydrogen-bond acceptors (Lipinski definition) is 4. The number of ether oxygens (including phenoxy) is 1. The van der Waals surface area contributed by atoms with E-state index in [0.29, 0.717) is 17.7 Å². The first-order chi connectivity index (χ1) is 10.3. The van der Waals surface area contributed by atoms with Gasteiger partial charge in [-0.3, -0.25) is 0 Å². The van der Waals surface area contributed by atoms with Gasteiger partial charge in [-0.05, 0) is 32.0 Å². The number of imidazole rings is 1. The van der Waals surface area contributed by atoms with E-state index in [-0.39, 0.29) is 18.2 Å². The number of halogens is 2. The Bertz CT molecular complexity index is 685. The van der Waals surface area contributed by atoms with Crippen LogP contribution in [0, 0.1) is 5.82 Å². The Hall–Kier alpha value is -1.73. The number of nitrogens with zero attached hydrogens (tertiary/aromatic N) is 1. The number of nitrogens with two attached hydrogens (primary N) is 1. The maximum Gasteiger partial charge on any atom is 0.374 e. The third-order valence-corrected chi connectivity index (χ3v) is 3.69. The van der Waals surface area contributed by atoms with Crippen LogP contribution in [0.1, 0.15) is 35.7 Å². The van der Waals surface area contributed by atoms with Crippen LogP contribution in [0.5, 0.6) is 0 Å². The summed E-state index contributed by atoms with van der Waals surface area (Å²) >= 11 is 3.31. The van der Waals surface area contributed by atoms with Gasteiger partial charge >= 0.3 is 5.97 Å². The number of rotatable bonds is 5. The largest absolute Gasteiger partial charge is 0.460 e. The molecule has 118 valence electrons. The molecule has 0 aliphatic carbocycles. The van der Waals surface area contributed by atoms with Gasteiger partial charge in [-0.1, -0.05) is 15.9 Å². The van der Waals surface area contributed by atoms with Gasteiger partial charge in [0.15, 0.2) is 0 Å². The van der Waals surface area contributed by atoms with Crippen LogP contribution in [0.2, 0.25) is 0 Å². The second-order valence-electron chi connectivity index (χ2n) is 5.20. The Morgan fingerprint density at radius 2 is 2.27 bits per heavy atom.